The van der Waals surface area contributed by atoms with Gasteiger partial charge < -0.3 is 4.74 Å². The molecule has 2 nitrogen and oxygen atoms in total. The van der Waals surface area contributed by atoms with Gasteiger partial charge in [0.25, 0.3) is 0 Å². The van der Waals surface area contributed by atoms with Gasteiger partial charge in [0.15, 0.2) is 5.78 Å². The molecule has 1 unspecified atom stereocenters. The molecule has 0 amide bonds. The van der Waals surface area contributed by atoms with Crippen LogP contribution in [0.5, 0.6) is 0 Å². The van der Waals surface area contributed by atoms with Crippen LogP contribution in [0, 0.1) is 5.92 Å². The Labute approximate surface area is 67.2 Å². The van der Waals surface area contributed by atoms with Crippen LogP contribution in [0.2, 0.25) is 0 Å². The van der Waals surface area contributed by atoms with Crippen LogP contribution >= 0.6 is 0 Å². The van der Waals surface area contributed by atoms with Crippen molar-refractivity contribution in [3.63, 3.8) is 0 Å². The van der Waals surface area contributed by atoms with Crippen molar-refractivity contribution in [3.8, 4) is 0 Å². The highest BCUT2D eigenvalue weighted by molar-refractivity contribution is 5.91. The van der Waals surface area contributed by atoms with Crippen molar-refractivity contribution < 1.29 is 9.53 Å². The molecule has 2 heteroatoms. The summed E-state index contributed by atoms with van der Waals surface area (Å²) in [4.78, 5) is 11.0. The van der Waals surface area contributed by atoms with E-state index in [1.807, 2.05) is 6.92 Å². The van der Waals surface area contributed by atoms with E-state index in [0.29, 0.717) is 12.3 Å². The summed E-state index contributed by atoms with van der Waals surface area (Å²) in [5.41, 5.74) is 0. The Kier molecular flexibility index (Phi) is 2.32. The average Bonchev–Trinajstić information content (AvgIpc) is 1.85. The maximum absolute atomic E-state index is 11.0. The summed E-state index contributed by atoms with van der Waals surface area (Å²) in [5, 5.41) is 0. The predicted octanol–water partition coefficient (Wildman–Crippen LogP) is 1.90. The summed E-state index contributed by atoms with van der Waals surface area (Å²) in [6.45, 7) is 5.96. The van der Waals surface area contributed by atoms with E-state index in [4.69, 9.17) is 4.74 Å². The third-order valence-electron chi connectivity index (χ3n) is 1.85. The maximum atomic E-state index is 11.0. The fourth-order valence-electron chi connectivity index (χ4n) is 1.17. The molecule has 0 spiro atoms. The first-order chi connectivity index (χ1) is 5.09. The van der Waals surface area contributed by atoms with Gasteiger partial charge in [0, 0.05) is 12.5 Å². The van der Waals surface area contributed by atoms with Gasteiger partial charge in [-0.25, -0.2) is 0 Å². The Morgan fingerprint density at radius 1 is 1.64 bits per heavy atom. The minimum absolute atomic E-state index is 0.0903. The first-order valence-electron chi connectivity index (χ1n) is 3.97. The minimum atomic E-state index is 0.0903. The van der Waals surface area contributed by atoms with E-state index in [0.717, 1.165) is 5.76 Å². The van der Waals surface area contributed by atoms with Crippen LogP contribution in [0.25, 0.3) is 0 Å². The zero-order valence-corrected chi connectivity index (χ0v) is 7.26. The number of carbonyl (C=O) groups is 1. The molecule has 0 aromatic rings. The predicted molar refractivity (Wildman–Crippen MR) is 43.1 cm³/mol. The van der Waals surface area contributed by atoms with E-state index in [9.17, 15) is 4.79 Å². The van der Waals surface area contributed by atoms with Crippen molar-refractivity contribution in [1.29, 1.82) is 0 Å². The van der Waals surface area contributed by atoms with Crippen molar-refractivity contribution in [2.24, 2.45) is 5.92 Å². The van der Waals surface area contributed by atoms with Gasteiger partial charge in [-0.05, 0) is 12.8 Å². The molecule has 0 bridgehead atoms. The number of ether oxygens (including phenoxy) is 1. The van der Waals surface area contributed by atoms with Gasteiger partial charge in [-0.1, -0.05) is 13.8 Å². The lowest BCUT2D eigenvalue weighted by Gasteiger charge is -2.25. The van der Waals surface area contributed by atoms with Gasteiger partial charge in [0.1, 0.15) is 6.10 Å². The summed E-state index contributed by atoms with van der Waals surface area (Å²) in [6.07, 6.45) is 2.20. The molecular weight excluding hydrogens is 140 g/mol. The normalized spacial score (nSPS) is 24.9. The van der Waals surface area contributed by atoms with E-state index in [2.05, 4.69) is 13.8 Å². The number of hydrogen-bond donors (Lipinski definition) is 0. The van der Waals surface area contributed by atoms with Crippen molar-refractivity contribution >= 4 is 5.78 Å². The molecule has 0 radical (unpaired) electrons. The van der Waals surface area contributed by atoms with Crippen LogP contribution in [-0.4, -0.2) is 11.9 Å². The molecule has 0 aromatic heterocycles. The highest BCUT2D eigenvalue weighted by atomic mass is 16.5. The summed E-state index contributed by atoms with van der Waals surface area (Å²) in [7, 11) is 0. The minimum Gasteiger partial charge on any atom is -0.494 e. The molecule has 0 aliphatic carbocycles. The molecule has 1 heterocycles. The van der Waals surface area contributed by atoms with E-state index in [-0.39, 0.29) is 11.9 Å². The third kappa shape index (κ3) is 2.07. The van der Waals surface area contributed by atoms with Crippen molar-refractivity contribution in [2.75, 3.05) is 0 Å². The molecule has 0 saturated carbocycles. The van der Waals surface area contributed by atoms with Crippen LogP contribution in [-0.2, 0) is 9.53 Å². The van der Waals surface area contributed by atoms with Gasteiger partial charge in [0.05, 0.1) is 5.76 Å². The lowest BCUT2D eigenvalue weighted by atomic mass is 9.99. The fourth-order valence-corrected chi connectivity index (χ4v) is 1.17. The molecule has 1 aliphatic heterocycles. The summed E-state index contributed by atoms with van der Waals surface area (Å²) >= 11 is 0. The van der Waals surface area contributed by atoms with E-state index in [1.165, 1.54) is 0 Å². The van der Waals surface area contributed by atoms with Gasteiger partial charge in [0.2, 0.25) is 0 Å². The van der Waals surface area contributed by atoms with Crippen LogP contribution in [0.4, 0.5) is 0 Å². The number of carbonyl (C=O) groups excluding carboxylic acids is 1. The molecule has 0 fully saturated rings. The summed E-state index contributed by atoms with van der Waals surface area (Å²) in [5.74, 6) is 1.36. The molecule has 0 N–H and O–H groups in total. The largest absolute Gasteiger partial charge is 0.494 e. The Hall–Kier alpha value is -0.790. The second-order valence-electron chi connectivity index (χ2n) is 3.33. The maximum Gasteiger partial charge on any atom is 0.162 e. The Balaban J connectivity index is 2.64. The summed E-state index contributed by atoms with van der Waals surface area (Å²) < 4.78 is 5.46. The number of hydrogen-bond acceptors (Lipinski definition) is 2. The van der Waals surface area contributed by atoms with Gasteiger partial charge >= 0.3 is 0 Å². The van der Waals surface area contributed by atoms with Crippen molar-refractivity contribution in [3.05, 3.63) is 11.8 Å². The quantitative estimate of drug-likeness (QED) is 0.576. The first-order valence-corrected chi connectivity index (χ1v) is 3.97. The fraction of sp³-hybridized carbons (Fsp3) is 0.667. The molecule has 1 rings (SSSR count). The van der Waals surface area contributed by atoms with Crippen molar-refractivity contribution in [2.45, 2.75) is 33.3 Å². The van der Waals surface area contributed by atoms with Gasteiger partial charge in [-0.2, -0.15) is 0 Å². The number of allylic oxidation sites excluding steroid dienone is 2. The smallest absolute Gasteiger partial charge is 0.162 e. The van der Waals surface area contributed by atoms with Crippen LogP contribution in [0.15, 0.2) is 11.8 Å². The second kappa shape index (κ2) is 3.07. The Morgan fingerprint density at radius 3 is 2.73 bits per heavy atom. The Morgan fingerprint density at radius 2 is 2.27 bits per heavy atom. The monoisotopic (exact) mass is 154 g/mol. The van der Waals surface area contributed by atoms with Gasteiger partial charge in [-0.15, -0.1) is 0 Å². The molecular formula is C9H14O2. The zero-order chi connectivity index (χ0) is 8.43. The zero-order valence-electron chi connectivity index (χ0n) is 7.26. The van der Waals surface area contributed by atoms with Crippen LogP contribution in [0.3, 0.4) is 0 Å². The van der Waals surface area contributed by atoms with Crippen LogP contribution in [0.1, 0.15) is 27.2 Å². The van der Waals surface area contributed by atoms with Gasteiger partial charge in [-0.3, -0.25) is 4.79 Å². The number of ketones is 1. The second-order valence-corrected chi connectivity index (χ2v) is 3.33. The molecule has 0 aromatic carbocycles. The van der Waals surface area contributed by atoms with E-state index in [1.54, 1.807) is 6.08 Å². The van der Waals surface area contributed by atoms with Crippen LogP contribution < -0.4 is 0 Å². The SMILES string of the molecule is CC1=CC(=O)CC(C(C)C)O1. The number of rotatable bonds is 1. The summed E-state index contributed by atoms with van der Waals surface area (Å²) in [6, 6.07) is 0. The molecule has 11 heavy (non-hydrogen) atoms. The topological polar surface area (TPSA) is 26.3 Å². The molecule has 0 saturated heterocycles. The first kappa shape index (κ1) is 8.31. The van der Waals surface area contributed by atoms with E-state index < -0.39 is 0 Å². The van der Waals surface area contributed by atoms with Crippen molar-refractivity contribution in [1.82, 2.24) is 0 Å². The molecule has 1 aliphatic rings. The van der Waals surface area contributed by atoms with E-state index >= 15 is 0 Å². The third-order valence-corrected chi connectivity index (χ3v) is 1.85. The molecule has 62 valence electrons. The average molecular weight is 154 g/mol. The lowest BCUT2D eigenvalue weighted by Crippen LogP contribution is -2.25. The highest BCUT2D eigenvalue weighted by Crippen LogP contribution is 2.19. The Bertz CT molecular complexity index is 192. The molecule has 1 atom stereocenters. The highest BCUT2D eigenvalue weighted by Gasteiger charge is 2.22. The standard InChI is InChI=1S/C9H14O2/c1-6(2)9-5-8(10)4-7(3)11-9/h4,6,9H,5H2,1-3H3. The lowest BCUT2D eigenvalue weighted by molar-refractivity contribution is -0.119.